The molecule has 4 nitrogen and oxygen atoms in total. The molecule has 0 spiro atoms. The molecule has 0 saturated carbocycles. The van der Waals surface area contributed by atoms with Crippen LogP contribution < -0.4 is 11.1 Å². The van der Waals surface area contributed by atoms with Gasteiger partial charge in [0.2, 0.25) is 5.91 Å². The monoisotopic (exact) mass is 291 g/mol. The van der Waals surface area contributed by atoms with Gasteiger partial charge in [0.25, 0.3) is 0 Å². The van der Waals surface area contributed by atoms with Crippen molar-refractivity contribution >= 4 is 5.91 Å². The second-order valence-corrected chi connectivity index (χ2v) is 6.16. The van der Waals surface area contributed by atoms with E-state index in [0.717, 1.165) is 25.7 Å². The molecule has 1 aromatic carbocycles. The lowest BCUT2D eigenvalue weighted by Crippen LogP contribution is -2.50. The first-order chi connectivity index (χ1) is 10.1. The maximum Gasteiger partial charge on any atom is 0.234 e. The zero-order valence-electron chi connectivity index (χ0n) is 12.1. The second-order valence-electron chi connectivity index (χ2n) is 6.16. The molecule has 3 N–H and O–H groups in total. The first-order valence-corrected chi connectivity index (χ1v) is 7.65. The number of hydrogen-bond donors (Lipinski definition) is 2. The smallest absolute Gasteiger partial charge is 0.234 e. The molecule has 2 unspecified atom stereocenters. The largest absolute Gasteiger partial charge is 0.351 e. The van der Waals surface area contributed by atoms with E-state index < -0.39 is 0 Å². The summed E-state index contributed by atoms with van der Waals surface area (Å²) in [5.74, 6) is -0.313. The van der Waals surface area contributed by atoms with Gasteiger partial charge in [0, 0.05) is 30.2 Å². The van der Waals surface area contributed by atoms with Gasteiger partial charge in [0.05, 0.1) is 6.54 Å². The molecule has 2 saturated heterocycles. The Balaban J connectivity index is 1.52. The predicted octanol–water partition coefficient (Wildman–Crippen LogP) is 1.40. The number of fused-ring (bicyclic) bond motifs is 2. The molecule has 2 aliphatic heterocycles. The number of rotatable bonds is 4. The standard InChI is InChI=1S/C16H22FN3O/c17-15-4-2-1-3-11(15)9-19-16(21)10-20-13-5-6-14(20)8-12(18)7-13/h1-4,12-14H,5-10,18H2,(H,19,21). The van der Waals surface area contributed by atoms with Gasteiger partial charge in [0.15, 0.2) is 0 Å². The third kappa shape index (κ3) is 3.24. The van der Waals surface area contributed by atoms with Crippen LogP contribution in [0.4, 0.5) is 4.39 Å². The third-order valence-electron chi connectivity index (χ3n) is 4.68. The fourth-order valence-corrected chi connectivity index (χ4v) is 3.63. The molecule has 1 aromatic rings. The molecule has 2 fully saturated rings. The zero-order chi connectivity index (χ0) is 14.8. The Kier molecular flexibility index (Phi) is 4.22. The van der Waals surface area contributed by atoms with Crippen LogP contribution in [0, 0.1) is 5.82 Å². The van der Waals surface area contributed by atoms with E-state index >= 15 is 0 Å². The molecule has 0 aromatic heterocycles. The van der Waals surface area contributed by atoms with Gasteiger partial charge in [-0.15, -0.1) is 0 Å². The molecule has 0 radical (unpaired) electrons. The van der Waals surface area contributed by atoms with Gasteiger partial charge >= 0.3 is 0 Å². The van der Waals surface area contributed by atoms with E-state index in [2.05, 4.69) is 10.2 Å². The number of halogens is 1. The van der Waals surface area contributed by atoms with Crippen LogP contribution in [0.15, 0.2) is 24.3 Å². The Bertz CT molecular complexity index is 508. The molecule has 0 aliphatic carbocycles. The molecule has 1 amide bonds. The first kappa shape index (κ1) is 14.5. The highest BCUT2D eigenvalue weighted by atomic mass is 19.1. The fourth-order valence-electron chi connectivity index (χ4n) is 3.63. The van der Waals surface area contributed by atoms with Crippen LogP contribution in [0.1, 0.15) is 31.2 Å². The lowest BCUT2D eigenvalue weighted by molar-refractivity contribution is -0.123. The van der Waals surface area contributed by atoms with E-state index in [1.54, 1.807) is 18.2 Å². The Morgan fingerprint density at radius 2 is 1.95 bits per heavy atom. The van der Waals surface area contributed by atoms with Crippen molar-refractivity contribution < 1.29 is 9.18 Å². The molecule has 2 heterocycles. The number of nitrogens with zero attached hydrogens (tertiary/aromatic N) is 1. The summed E-state index contributed by atoms with van der Waals surface area (Å²) in [6.07, 6.45) is 4.24. The Labute approximate surface area is 124 Å². The van der Waals surface area contributed by atoms with Crippen LogP contribution in [0.25, 0.3) is 0 Å². The van der Waals surface area contributed by atoms with Gasteiger partial charge < -0.3 is 11.1 Å². The van der Waals surface area contributed by atoms with Crippen LogP contribution in [0.2, 0.25) is 0 Å². The summed E-state index contributed by atoms with van der Waals surface area (Å²) in [6, 6.07) is 7.69. The average Bonchev–Trinajstić information content (AvgIpc) is 2.70. The molecule has 2 aliphatic rings. The molecule has 21 heavy (non-hydrogen) atoms. The predicted molar refractivity (Wildman–Crippen MR) is 79.0 cm³/mol. The van der Waals surface area contributed by atoms with E-state index in [1.165, 1.54) is 6.07 Å². The van der Waals surface area contributed by atoms with E-state index in [-0.39, 0.29) is 24.3 Å². The van der Waals surface area contributed by atoms with E-state index in [4.69, 9.17) is 5.73 Å². The van der Waals surface area contributed by atoms with Crippen LogP contribution in [-0.4, -0.2) is 35.5 Å². The Hall–Kier alpha value is -1.46. The summed E-state index contributed by atoms with van der Waals surface area (Å²) >= 11 is 0. The number of benzene rings is 1. The van der Waals surface area contributed by atoms with Crippen LogP contribution in [0.3, 0.4) is 0 Å². The van der Waals surface area contributed by atoms with Crippen molar-refractivity contribution in [2.45, 2.75) is 50.4 Å². The van der Waals surface area contributed by atoms with Gasteiger partial charge in [-0.05, 0) is 31.7 Å². The highest BCUT2D eigenvalue weighted by Crippen LogP contribution is 2.34. The number of nitrogens with two attached hydrogens (primary N) is 1. The van der Waals surface area contributed by atoms with Gasteiger partial charge in [0.1, 0.15) is 5.82 Å². The van der Waals surface area contributed by atoms with Crippen molar-refractivity contribution in [2.75, 3.05) is 6.54 Å². The van der Waals surface area contributed by atoms with Crippen molar-refractivity contribution in [1.29, 1.82) is 0 Å². The van der Waals surface area contributed by atoms with E-state index in [9.17, 15) is 9.18 Å². The Morgan fingerprint density at radius 1 is 1.29 bits per heavy atom. The average molecular weight is 291 g/mol. The quantitative estimate of drug-likeness (QED) is 0.881. The number of carbonyl (C=O) groups excluding carboxylic acids is 1. The normalized spacial score (nSPS) is 28.6. The topological polar surface area (TPSA) is 58.4 Å². The molecule has 2 bridgehead atoms. The number of hydrogen-bond acceptors (Lipinski definition) is 3. The minimum Gasteiger partial charge on any atom is -0.351 e. The third-order valence-corrected chi connectivity index (χ3v) is 4.68. The van der Waals surface area contributed by atoms with Crippen LogP contribution >= 0.6 is 0 Å². The van der Waals surface area contributed by atoms with Gasteiger partial charge in [-0.2, -0.15) is 0 Å². The minimum atomic E-state index is -0.276. The molecule has 3 rings (SSSR count). The van der Waals surface area contributed by atoms with Crippen molar-refractivity contribution in [3.63, 3.8) is 0 Å². The summed E-state index contributed by atoms with van der Waals surface area (Å²) in [4.78, 5) is 14.4. The first-order valence-electron chi connectivity index (χ1n) is 7.65. The lowest BCUT2D eigenvalue weighted by atomic mass is 9.98. The summed E-state index contributed by atoms with van der Waals surface area (Å²) < 4.78 is 13.5. The highest BCUT2D eigenvalue weighted by Gasteiger charge is 2.40. The minimum absolute atomic E-state index is 0.0365. The summed E-state index contributed by atoms with van der Waals surface area (Å²) in [5.41, 5.74) is 6.55. The molecule has 114 valence electrons. The number of carbonyl (C=O) groups is 1. The number of amides is 1. The van der Waals surface area contributed by atoms with Crippen molar-refractivity contribution in [2.24, 2.45) is 5.73 Å². The van der Waals surface area contributed by atoms with Crippen molar-refractivity contribution in [3.05, 3.63) is 35.6 Å². The number of piperidine rings is 1. The molecule has 5 heteroatoms. The number of nitrogens with one attached hydrogen (secondary N) is 1. The Morgan fingerprint density at radius 3 is 2.62 bits per heavy atom. The maximum absolute atomic E-state index is 13.5. The van der Waals surface area contributed by atoms with Gasteiger partial charge in [-0.3, -0.25) is 9.69 Å². The highest BCUT2D eigenvalue weighted by molar-refractivity contribution is 5.78. The summed E-state index contributed by atoms with van der Waals surface area (Å²) in [6.45, 7) is 0.644. The van der Waals surface area contributed by atoms with E-state index in [1.807, 2.05) is 0 Å². The van der Waals surface area contributed by atoms with E-state index in [0.29, 0.717) is 24.2 Å². The fraction of sp³-hybridized carbons (Fsp3) is 0.562. The lowest BCUT2D eigenvalue weighted by Gasteiger charge is -2.37. The molecular formula is C16H22FN3O. The van der Waals surface area contributed by atoms with Crippen LogP contribution in [0.5, 0.6) is 0 Å². The van der Waals surface area contributed by atoms with Crippen LogP contribution in [-0.2, 0) is 11.3 Å². The molecular weight excluding hydrogens is 269 g/mol. The van der Waals surface area contributed by atoms with Crippen molar-refractivity contribution in [1.82, 2.24) is 10.2 Å². The summed E-state index contributed by atoms with van der Waals surface area (Å²) in [5, 5.41) is 2.82. The summed E-state index contributed by atoms with van der Waals surface area (Å²) in [7, 11) is 0. The maximum atomic E-state index is 13.5. The van der Waals surface area contributed by atoms with Gasteiger partial charge in [-0.25, -0.2) is 4.39 Å². The molecule has 2 atom stereocenters. The zero-order valence-corrected chi connectivity index (χ0v) is 12.1. The van der Waals surface area contributed by atoms with Gasteiger partial charge in [-0.1, -0.05) is 18.2 Å². The second kappa shape index (κ2) is 6.12. The SMILES string of the molecule is NC1CC2CCC(C1)N2CC(=O)NCc1ccccc1F. The van der Waals surface area contributed by atoms with Crippen molar-refractivity contribution in [3.8, 4) is 0 Å².